The van der Waals surface area contributed by atoms with Gasteiger partial charge in [-0.1, -0.05) is 24.3 Å². The molecule has 0 spiro atoms. The molecule has 0 aromatic heterocycles. The third kappa shape index (κ3) is 3.91. The van der Waals surface area contributed by atoms with Crippen LogP contribution in [0.4, 0.5) is 18.9 Å². The number of nitrogens with two attached hydrogens (primary N) is 1. The molecule has 0 radical (unpaired) electrons. The minimum Gasteiger partial charge on any atom is -0.406 e. The van der Waals surface area contributed by atoms with E-state index in [1.165, 1.54) is 12.1 Å². The summed E-state index contributed by atoms with van der Waals surface area (Å²) in [5, 5.41) is 0. The van der Waals surface area contributed by atoms with E-state index in [-0.39, 0.29) is 5.75 Å². The second kappa shape index (κ2) is 5.45. The lowest BCUT2D eigenvalue weighted by atomic mass is 10.0. The molecule has 0 fully saturated rings. The molecule has 2 aromatic rings. The van der Waals surface area contributed by atoms with Crippen LogP contribution in [0.5, 0.6) is 5.75 Å². The quantitative estimate of drug-likeness (QED) is 0.861. The minimum atomic E-state index is -4.66. The van der Waals surface area contributed by atoms with Gasteiger partial charge >= 0.3 is 6.36 Å². The van der Waals surface area contributed by atoms with Gasteiger partial charge in [-0.25, -0.2) is 0 Å². The number of benzene rings is 2. The molecule has 0 heterocycles. The smallest absolute Gasteiger partial charge is 0.406 e. The number of nitrogen functional groups attached to an aromatic ring is 1. The van der Waals surface area contributed by atoms with Gasteiger partial charge in [0.1, 0.15) is 5.75 Å². The Hall–Kier alpha value is -2.17. The highest BCUT2D eigenvalue weighted by Crippen LogP contribution is 2.23. The SMILES string of the molecule is Cc1cc(Cc2ccc(OC(F)(F)F)cc2)ccc1N. The van der Waals surface area contributed by atoms with Crippen molar-refractivity contribution in [2.75, 3.05) is 5.73 Å². The standard InChI is InChI=1S/C15H14F3NO/c1-10-8-12(4-7-14(10)19)9-11-2-5-13(6-3-11)20-15(16,17)18/h2-8H,9,19H2,1H3. The average Bonchev–Trinajstić information content (AvgIpc) is 2.35. The van der Waals surface area contributed by atoms with Gasteiger partial charge in [-0.15, -0.1) is 13.2 Å². The van der Waals surface area contributed by atoms with Crippen molar-refractivity contribution in [3.05, 3.63) is 59.2 Å². The van der Waals surface area contributed by atoms with Gasteiger partial charge in [0.05, 0.1) is 0 Å². The summed E-state index contributed by atoms with van der Waals surface area (Å²) in [6, 6.07) is 11.6. The van der Waals surface area contributed by atoms with Gasteiger partial charge < -0.3 is 10.5 Å². The number of hydrogen-bond acceptors (Lipinski definition) is 2. The Bertz CT molecular complexity index is 591. The molecule has 20 heavy (non-hydrogen) atoms. The van der Waals surface area contributed by atoms with Crippen molar-refractivity contribution >= 4 is 5.69 Å². The van der Waals surface area contributed by atoms with Crippen LogP contribution in [0, 0.1) is 6.92 Å². The van der Waals surface area contributed by atoms with Crippen LogP contribution in [-0.2, 0) is 6.42 Å². The van der Waals surface area contributed by atoms with Crippen LogP contribution in [0.3, 0.4) is 0 Å². The monoisotopic (exact) mass is 281 g/mol. The van der Waals surface area contributed by atoms with Crippen molar-refractivity contribution in [2.24, 2.45) is 0 Å². The summed E-state index contributed by atoms with van der Waals surface area (Å²) >= 11 is 0. The average molecular weight is 281 g/mol. The molecular formula is C15H14F3NO. The van der Waals surface area contributed by atoms with Gasteiger partial charge in [0.15, 0.2) is 0 Å². The van der Waals surface area contributed by atoms with Gasteiger partial charge in [-0.05, 0) is 48.2 Å². The Balaban J connectivity index is 2.08. The molecule has 106 valence electrons. The lowest BCUT2D eigenvalue weighted by molar-refractivity contribution is -0.274. The van der Waals surface area contributed by atoms with E-state index in [1.807, 2.05) is 25.1 Å². The van der Waals surface area contributed by atoms with Crippen LogP contribution < -0.4 is 10.5 Å². The van der Waals surface area contributed by atoms with Gasteiger partial charge in [0.2, 0.25) is 0 Å². The van der Waals surface area contributed by atoms with Crippen molar-refractivity contribution in [2.45, 2.75) is 19.7 Å². The molecule has 0 saturated heterocycles. The van der Waals surface area contributed by atoms with Crippen molar-refractivity contribution in [3.63, 3.8) is 0 Å². The van der Waals surface area contributed by atoms with Crippen LogP contribution >= 0.6 is 0 Å². The van der Waals surface area contributed by atoms with Crippen LogP contribution in [0.15, 0.2) is 42.5 Å². The van der Waals surface area contributed by atoms with Gasteiger partial charge in [0, 0.05) is 5.69 Å². The second-order valence-electron chi connectivity index (χ2n) is 4.56. The van der Waals surface area contributed by atoms with E-state index in [0.717, 1.165) is 22.4 Å². The lowest BCUT2D eigenvalue weighted by Crippen LogP contribution is -2.17. The Morgan fingerprint density at radius 2 is 1.60 bits per heavy atom. The van der Waals surface area contributed by atoms with Gasteiger partial charge in [-0.2, -0.15) is 0 Å². The van der Waals surface area contributed by atoms with Crippen molar-refractivity contribution in [1.82, 2.24) is 0 Å². The third-order valence-electron chi connectivity index (χ3n) is 2.90. The zero-order valence-electron chi connectivity index (χ0n) is 10.9. The molecule has 0 atom stereocenters. The van der Waals surface area contributed by atoms with Crippen LogP contribution in [0.2, 0.25) is 0 Å². The molecule has 0 aliphatic carbocycles. The molecule has 0 unspecified atom stereocenters. The summed E-state index contributed by atoms with van der Waals surface area (Å²) in [5.74, 6) is -0.213. The van der Waals surface area contributed by atoms with Gasteiger partial charge in [0.25, 0.3) is 0 Å². The number of hydrogen-bond donors (Lipinski definition) is 1. The minimum absolute atomic E-state index is 0.213. The first-order valence-corrected chi connectivity index (χ1v) is 6.03. The highest BCUT2D eigenvalue weighted by Gasteiger charge is 2.30. The Morgan fingerprint density at radius 1 is 1.00 bits per heavy atom. The normalized spacial score (nSPS) is 11.4. The molecule has 0 bridgehead atoms. The molecule has 2 nitrogen and oxygen atoms in total. The molecule has 2 rings (SSSR count). The third-order valence-corrected chi connectivity index (χ3v) is 2.90. The van der Waals surface area contributed by atoms with Crippen molar-refractivity contribution in [3.8, 4) is 5.75 Å². The fourth-order valence-electron chi connectivity index (χ4n) is 1.89. The highest BCUT2D eigenvalue weighted by molar-refractivity contribution is 5.48. The topological polar surface area (TPSA) is 35.2 Å². The first-order valence-electron chi connectivity index (χ1n) is 6.03. The molecular weight excluding hydrogens is 267 g/mol. The van der Waals surface area contributed by atoms with Crippen LogP contribution in [0.1, 0.15) is 16.7 Å². The van der Waals surface area contributed by atoms with Gasteiger partial charge in [-0.3, -0.25) is 0 Å². The zero-order chi connectivity index (χ0) is 14.8. The second-order valence-corrected chi connectivity index (χ2v) is 4.56. The maximum Gasteiger partial charge on any atom is 0.573 e. The summed E-state index contributed by atoms with van der Waals surface area (Å²) in [6.07, 6.45) is -4.02. The predicted octanol–water partition coefficient (Wildman–Crippen LogP) is 4.07. The Kier molecular flexibility index (Phi) is 3.88. The summed E-state index contributed by atoms with van der Waals surface area (Å²) < 4.78 is 39.9. The van der Waals surface area contributed by atoms with E-state index >= 15 is 0 Å². The Labute approximate surface area is 115 Å². The maximum atomic E-state index is 12.0. The summed E-state index contributed by atoms with van der Waals surface area (Å²) in [4.78, 5) is 0. The van der Waals surface area contributed by atoms with E-state index in [9.17, 15) is 13.2 Å². The number of ether oxygens (including phenoxy) is 1. The van der Waals surface area contributed by atoms with Crippen molar-refractivity contribution in [1.29, 1.82) is 0 Å². The molecule has 2 aromatic carbocycles. The van der Waals surface area contributed by atoms with Crippen LogP contribution in [-0.4, -0.2) is 6.36 Å². The molecule has 0 aliphatic heterocycles. The van der Waals surface area contributed by atoms with E-state index in [0.29, 0.717) is 6.42 Å². The largest absolute Gasteiger partial charge is 0.573 e. The van der Waals surface area contributed by atoms with E-state index in [1.54, 1.807) is 12.1 Å². The van der Waals surface area contributed by atoms with Crippen LogP contribution in [0.25, 0.3) is 0 Å². The predicted molar refractivity (Wildman–Crippen MR) is 71.5 cm³/mol. The maximum absolute atomic E-state index is 12.0. The molecule has 5 heteroatoms. The fourth-order valence-corrected chi connectivity index (χ4v) is 1.89. The molecule has 0 amide bonds. The van der Waals surface area contributed by atoms with E-state index < -0.39 is 6.36 Å². The first-order chi connectivity index (χ1) is 9.33. The summed E-state index contributed by atoms with van der Waals surface area (Å²) in [6.45, 7) is 1.92. The number of aryl methyl sites for hydroxylation is 1. The zero-order valence-corrected chi connectivity index (χ0v) is 10.9. The lowest BCUT2D eigenvalue weighted by Gasteiger charge is -2.09. The van der Waals surface area contributed by atoms with E-state index in [4.69, 9.17) is 5.73 Å². The molecule has 0 saturated carbocycles. The number of alkyl halides is 3. The van der Waals surface area contributed by atoms with Crippen molar-refractivity contribution < 1.29 is 17.9 Å². The van der Waals surface area contributed by atoms with E-state index in [2.05, 4.69) is 4.74 Å². The number of anilines is 1. The molecule has 2 N–H and O–H groups in total. The molecule has 0 aliphatic rings. The number of rotatable bonds is 3. The fraction of sp³-hybridized carbons (Fsp3) is 0.200. The Morgan fingerprint density at radius 3 is 2.15 bits per heavy atom. The number of halogens is 3. The first kappa shape index (κ1) is 14.2. The summed E-state index contributed by atoms with van der Waals surface area (Å²) in [5.41, 5.74) is 9.41. The highest BCUT2D eigenvalue weighted by atomic mass is 19.4. The summed E-state index contributed by atoms with van der Waals surface area (Å²) in [7, 11) is 0.